The number of anilines is 4. The lowest BCUT2D eigenvalue weighted by Gasteiger charge is -2.37. The number of nitrogens with zero attached hydrogens (tertiary/aromatic N) is 4. The molecule has 1 aromatic heterocycles. The second-order valence-corrected chi connectivity index (χ2v) is 15.4. The fourth-order valence-corrected chi connectivity index (χ4v) is 8.23. The molecule has 310 valence electrons. The van der Waals surface area contributed by atoms with Crippen LogP contribution in [0.25, 0.3) is 10.9 Å². The van der Waals surface area contributed by atoms with Crippen LogP contribution >= 0.6 is 0 Å². The summed E-state index contributed by atoms with van der Waals surface area (Å²) in [5, 5.41) is 11.5. The summed E-state index contributed by atoms with van der Waals surface area (Å²) in [6.45, 7) is 4.44. The van der Waals surface area contributed by atoms with E-state index >= 15 is 4.39 Å². The lowest BCUT2D eigenvalue weighted by molar-refractivity contribution is -0.136. The van der Waals surface area contributed by atoms with Crippen LogP contribution in [0.2, 0.25) is 0 Å². The molecule has 5 heterocycles. The van der Waals surface area contributed by atoms with E-state index in [1.807, 2.05) is 35.4 Å². The van der Waals surface area contributed by atoms with Gasteiger partial charge in [-0.1, -0.05) is 6.07 Å². The molecule has 1 unspecified atom stereocenters. The van der Waals surface area contributed by atoms with E-state index in [4.69, 9.17) is 0 Å². The Morgan fingerprint density at radius 1 is 0.750 bits per heavy atom. The number of carbonyl (C=O) groups excluding carboxylic acids is 7. The van der Waals surface area contributed by atoms with Gasteiger partial charge in [0.2, 0.25) is 23.6 Å². The van der Waals surface area contributed by atoms with E-state index in [1.54, 1.807) is 29.2 Å². The van der Waals surface area contributed by atoms with Gasteiger partial charge in [0.1, 0.15) is 11.9 Å². The average Bonchev–Trinajstić information content (AvgIpc) is 3.80. The largest absolute Gasteiger partial charge is 0.367 e. The second-order valence-electron chi connectivity index (χ2n) is 15.4. The minimum Gasteiger partial charge on any atom is -0.367 e. The summed E-state index contributed by atoms with van der Waals surface area (Å²) in [5.74, 6) is -3.45. The van der Waals surface area contributed by atoms with Gasteiger partial charge in [0.15, 0.2) is 0 Å². The number of aromatic nitrogens is 1. The van der Waals surface area contributed by atoms with Gasteiger partial charge in [-0.25, -0.2) is 9.18 Å². The normalized spacial score (nSPS) is 18.9. The third-order valence-corrected chi connectivity index (χ3v) is 11.6. The molecule has 5 N–H and O–H groups in total. The molecule has 8 amide bonds. The SMILES string of the molecule is O=C(/C=C/C(=O)N1CCC(CCN2CCN(c3cc4c(cc3F)C(=O)N(C3CCC(=O)NC3=O)C4=O)CC2)CC1)Nc1ccc(NC(=O)Nc2ccc3cc[nH]c3c2)cc1. The van der Waals surface area contributed by atoms with E-state index in [0.717, 1.165) is 47.7 Å². The van der Waals surface area contributed by atoms with Gasteiger partial charge in [-0.15, -0.1) is 0 Å². The molecule has 0 saturated carbocycles. The van der Waals surface area contributed by atoms with Gasteiger partial charge in [-0.3, -0.25) is 43.9 Å². The van der Waals surface area contributed by atoms with Crippen LogP contribution in [0.15, 0.2) is 79.0 Å². The molecular formula is C43H44FN9O7. The lowest BCUT2D eigenvalue weighted by atomic mass is 9.93. The molecule has 0 bridgehead atoms. The molecule has 17 heteroatoms. The second kappa shape index (κ2) is 17.1. The topological polar surface area (TPSA) is 196 Å². The number of nitrogens with one attached hydrogen (secondary N) is 5. The van der Waals surface area contributed by atoms with Crippen molar-refractivity contribution in [2.24, 2.45) is 5.92 Å². The number of piperidine rings is 2. The summed E-state index contributed by atoms with van der Waals surface area (Å²) in [7, 11) is 0. The molecule has 3 fully saturated rings. The third-order valence-electron chi connectivity index (χ3n) is 11.6. The van der Waals surface area contributed by atoms with E-state index in [-0.39, 0.29) is 35.6 Å². The minimum atomic E-state index is -1.11. The molecule has 4 aromatic rings. The first-order valence-corrected chi connectivity index (χ1v) is 20.0. The van der Waals surface area contributed by atoms with Crippen molar-refractivity contribution >= 4 is 75.1 Å². The summed E-state index contributed by atoms with van der Waals surface area (Å²) >= 11 is 0. The number of fused-ring (bicyclic) bond motifs is 2. The number of rotatable bonds is 10. The molecule has 0 radical (unpaired) electrons. The number of hydrogen-bond donors (Lipinski definition) is 5. The molecule has 3 saturated heterocycles. The summed E-state index contributed by atoms with van der Waals surface area (Å²) < 4.78 is 15.4. The van der Waals surface area contributed by atoms with Crippen molar-refractivity contribution in [3.8, 4) is 0 Å². The molecule has 60 heavy (non-hydrogen) atoms. The van der Waals surface area contributed by atoms with Crippen LogP contribution in [0, 0.1) is 11.7 Å². The first-order valence-electron chi connectivity index (χ1n) is 20.0. The van der Waals surface area contributed by atoms with Crippen molar-refractivity contribution in [3.05, 3.63) is 96.0 Å². The van der Waals surface area contributed by atoms with Gasteiger partial charge < -0.3 is 30.7 Å². The maximum atomic E-state index is 15.4. The predicted octanol–water partition coefficient (Wildman–Crippen LogP) is 4.30. The fourth-order valence-electron chi connectivity index (χ4n) is 8.23. The molecule has 4 aliphatic heterocycles. The van der Waals surface area contributed by atoms with Crippen LogP contribution in [-0.4, -0.2) is 113 Å². The molecule has 16 nitrogen and oxygen atoms in total. The number of amides is 8. The number of urea groups is 1. The van der Waals surface area contributed by atoms with Crippen molar-refractivity contribution in [3.63, 3.8) is 0 Å². The molecule has 0 spiro atoms. The highest BCUT2D eigenvalue weighted by molar-refractivity contribution is 6.23. The van der Waals surface area contributed by atoms with Gasteiger partial charge in [0.25, 0.3) is 11.8 Å². The molecular weight excluding hydrogens is 774 g/mol. The Morgan fingerprint density at radius 2 is 1.42 bits per heavy atom. The van der Waals surface area contributed by atoms with E-state index in [1.165, 1.54) is 18.2 Å². The molecule has 1 atom stereocenters. The average molecular weight is 818 g/mol. The van der Waals surface area contributed by atoms with Crippen LogP contribution in [0.3, 0.4) is 0 Å². The Hall–Kier alpha value is -6.88. The zero-order valence-electron chi connectivity index (χ0n) is 32.7. The Bertz CT molecular complexity index is 2400. The number of H-pyrrole nitrogens is 1. The number of hydrogen-bond acceptors (Lipinski definition) is 9. The standard InChI is InChI=1S/C43H44FN9O7/c44-33-24-31-32(42(59)53(41(31)58)35-7-8-38(55)49-40(35)57)25-36(33)51-21-19-50(20-22-51)16-12-26-13-17-52(18-14-26)39(56)10-9-37(54)46-28-3-5-29(6-4-28)47-43(60)48-30-2-1-27-11-15-45-34(27)23-30/h1-6,9-11,15,23-26,35,45H,7-8,12-14,16-22H2,(H,46,54)(H2,47,48,60)(H,49,55,57)/b10-9+. The van der Waals surface area contributed by atoms with E-state index in [0.29, 0.717) is 62.2 Å². The fraction of sp³-hybridized carbons (Fsp3) is 0.326. The van der Waals surface area contributed by atoms with Crippen LogP contribution in [-0.2, 0) is 19.2 Å². The Labute approximate surface area is 344 Å². The highest BCUT2D eigenvalue weighted by atomic mass is 19.1. The maximum Gasteiger partial charge on any atom is 0.323 e. The Kier molecular flexibility index (Phi) is 11.4. The van der Waals surface area contributed by atoms with Crippen LogP contribution in [0.4, 0.5) is 31.9 Å². The van der Waals surface area contributed by atoms with Crippen LogP contribution in [0.5, 0.6) is 0 Å². The monoisotopic (exact) mass is 817 g/mol. The number of benzene rings is 3. The summed E-state index contributed by atoms with van der Waals surface area (Å²) in [6.07, 6.45) is 7.00. The summed E-state index contributed by atoms with van der Waals surface area (Å²) in [5.41, 5.74) is 2.79. The molecule has 4 aliphatic rings. The zero-order valence-corrected chi connectivity index (χ0v) is 32.7. The number of carbonyl (C=O) groups is 7. The summed E-state index contributed by atoms with van der Waals surface area (Å²) in [6, 6.07) is 15.1. The number of imide groups is 2. The van der Waals surface area contributed by atoms with Gasteiger partial charge in [0, 0.05) is 86.6 Å². The van der Waals surface area contributed by atoms with Gasteiger partial charge in [0.05, 0.1) is 16.8 Å². The minimum absolute atomic E-state index is 0.00340. The highest BCUT2D eigenvalue weighted by Gasteiger charge is 2.45. The number of piperazine rings is 1. The first-order chi connectivity index (χ1) is 29.0. The van der Waals surface area contributed by atoms with Crippen molar-refractivity contribution in [2.45, 2.75) is 38.1 Å². The highest BCUT2D eigenvalue weighted by Crippen LogP contribution is 2.33. The quantitative estimate of drug-likeness (QED) is 0.115. The van der Waals surface area contributed by atoms with Gasteiger partial charge in [-0.2, -0.15) is 0 Å². The zero-order chi connectivity index (χ0) is 41.9. The van der Waals surface area contributed by atoms with Crippen LogP contribution < -0.4 is 26.2 Å². The van der Waals surface area contributed by atoms with Crippen molar-refractivity contribution in [1.29, 1.82) is 0 Å². The smallest absolute Gasteiger partial charge is 0.323 e. The van der Waals surface area contributed by atoms with E-state index in [2.05, 4.69) is 31.2 Å². The molecule has 8 rings (SSSR count). The van der Waals surface area contributed by atoms with Gasteiger partial charge >= 0.3 is 6.03 Å². The molecule has 0 aliphatic carbocycles. The summed E-state index contributed by atoms with van der Waals surface area (Å²) in [4.78, 5) is 98.1. The number of halogens is 1. The van der Waals surface area contributed by atoms with Crippen LogP contribution in [0.1, 0.15) is 52.8 Å². The maximum absolute atomic E-state index is 15.4. The molecule has 3 aromatic carbocycles. The van der Waals surface area contributed by atoms with E-state index in [9.17, 15) is 33.6 Å². The van der Waals surface area contributed by atoms with E-state index < -0.39 is 47.4 Å². The third kappa shape index (κ3) is 8.75. The lowest BCUT2D eigenvalue weighted by Crippen LogP contribution is -2.54. The Morgan fingerprint density at radius 3 is 2.13 bits per heavy atom. The van der Waals surface area contributed by atoms with Crippen molar-refractivity contribution in [2.75, 3.05) is 66.7 Å². The van der Waals surface area contributed by atoms with Crippen molar-refractivity contribution in [1.82, 2.24) is 25.0 Å². The number of likely N-dealkylation sites (tertiary alicyclic amines) is 1. The number of aromatic amines is 1. The predicted molar refractivity (Wildman–Crippen MR) is 221 cm³/mol. The first kappa shape index (κ1) is 39.9. The van der Waals surface area contributed by atoms with Gasteiger partial charge in [-0.05, 0) is 98.1 Å². The van der Waals surface area contributed by atoms with Crippen molar-refractivity contribution < 1.29 is 38.0 Å². The Balaban J connectivity index is 0.734.